The molecule has 154 valence electrons. The van der Waals surface area contributed by atoms with Crippen molar-refractivity contribution in [1.29, 1.82) is 0 Å². The van der Waals surface area contributed by atoms with E-state index < -0.39 is 24.6 Å². The third-order valence-corrected chi connectivity index (χ3v) is 5.60. The first-order chi connectivity index (χ1) is 13.5. The normalized spacial score (nSPS) is 21.8. The second kappa shape index (κ2) is 6.57. The van der Waals surface area contributed by atoms with Crippen LogP contribution < -0.4 is 20.3 Å². The molecule has 29 heavy (non-hydrogen) atoms. The van der Waals surface area contributed by atoms with E-state index in [9.17, 15) is 8.78 Å². The largest absolute Gasteiger partial charge is 0.586 e. The van der Waals surface area contributed by atoms with Crippen LogP contribution in [0.1, 0.15) is 46.2 Å². The fourth-order valence-electron chi connectivity index (χ4n) is 3.19. The number of hydrogen-bond donors (Lipinski definition) is 1. The Morgan fingerprint density at radius 2 is 1.62 bits per heavy atom. The van der Waals surface area contributed by atoms with Gasteiger partial charge in [-0.2, -0.15) is 0 Å². The maximum absolute atomic E-state index is 13.2. The van der Waals surface area contributed by atoms with Crippen molar-refractivity contribution >= 4 is 18.4 Å². The lowest BCUT2D eigenvalue weighted by Gasteiger charge is -2.32. The minimum Gasteiger partial charge on any atom is -0.399 e. The summed E-state index contributed by atoms with van der Waals surface area (Å²) in [5.41, 5.74) is 0.735. The van der Waals surface area contributed by atoms with Gasteiger partial charge in [-0.15, -0.1) is 8.78 Å². The van der Waals surface area contributed by atoms with Crippen LogP contribution in [0, 0.1) is 0 Å². The highest BCUT2D eigenvalue weighted by molar-refractivity contribution is 6.62. The van der Waals surface area contributed by atoms with Gasteiger partial charge in [-0.3, -0.25) is 0 Å². The Morgan fingerprint density at radius 1 is 0.966 bits per heavy atom. The summed E-state index contributed by atoms with van der Waals surface area (Å²) in [5.74, 6) is 0.652. The lowest BCUT2D eigenvalue weighted by molar-refractivity contribution is -0.286. The summed E-state index contributed by atoms with van der Waals surface area (Å²) < 4.78 is 47.6. The number of hydrogen-bond acceptors (Lipinski definition) is 6. The van der Waals surface area contributed by atoms with Crippen molar-refractivity contribution in [3.8, 4) is 11.5 Å². The zero-order valence-corrected chi connectivity index (χ0v) is 17.0. The molecule has 0 bridgehead atoms. The molecule has 1 atom stereocenters. The van der Waals surface area contributed by atoms with Crippen molar-refractivity contribution in [2.24, 2.45) is 0 Å². The lowest BCUT2D eigenvalue weighted by atomic mass is 9.79. The number of rotatable bonds is 4. The molecule has 2 aliphatic rings. The number of nitrogens with one attached hydrogen (secondary N) is 1. The van der Waals surface area contributed by atoms with Gasteiger partial charge in [-0.05, 0) is 69.9 Å². The summed E-state index contributed by atoms with van der Waals surface area (Å²) in [6.07, 6.45) is -1.95. The van der Waals surface area contributed by atoms with Crippen LogP contribution in [0.3, 0.4) is 0 Å². The summed E-state index contributed by atoms with van der Waals surface area (Å²) in [4.78, 5) is 4.35. The molecule has 0 aliphatic carbocycles. The van der Waals surface area contributed by atoms with E-state index in [2.05, 4.69) is 19.8 Å². The number of pyridine rings is 1. The Labute approximate surface area is 168 Å². The zero-order chi connectivity index (χ0) is 21.0. The molecule has 2 aliphatic heterocycles. The highest BCUT2D eigenvalue weighted by Crippen LogP contribution is 2.42. The maximum atomic E-state index is 13.2. The van der Waals surface area contributed by atoms with Gasteiger partial charge >= 0.3 is 13.4 Å². The standard InChI is InChI=1S/C20H23BF2N2O4/c1-12(13-6-7-15-16(10-13)27-20(22,23)26-15)25-17-11-14(8-9-24-17)21-28-18(2,3)19(4,5)29-21/h6-12H,1-5H3,(H,24,25)/t12-/m0/s1. The average molecular weight is 404 g/mol. The second-order valence-corrected chi connectivity index (χ2v) is 8.30. The van der Waals surface area contributed by atoms with Crippen LogP contribution in [-0.2, 0) is 9.31 Å². The Kier molecular flexibility index (Phi) is 4.51. The van der Waals surface area contributed by atoms with Gasteiger partial charge in [0.2, 0.25) is 0 Å². The summed E-state index contributed by atoms with van der Waals surface area (Å²) >= 11 is 0. The van der Waals surface area contributed by atoms with Crippen LogP contribution in [0.15, 0.2) is 36.5 Å². The highest BCUT2D eigenvalue weighted by atomic mass is 19.3. The van der Waals surface area contributed by atoms with E-state index >= 15 is 0 Å². The first kappa shape index (κ1) is 19.9. The first-order valence-corrected chi connectivity index (χ1v) is 9.44. The van der Waals surface area contributed by atoms with E-state index in [1.54, 1.807) is 12.3 Å². The van der Waals surface area contributed by atoms with Crippen LogP contribution in [-0.4, -0.2) is 29.6 Å². The van der Waals surface area contributed by atoms with E-state index in [0.29, 0.717) is 5.82 Å². The van der Waals surface area contributed by atoms with Gasteiger partial charge in [0.05, 0.1) is 17.2 Å². The predicted octanol–water partition coefficient (Wildman–Crippen LogP) is 3.88. The fraction of sp³-hybridized carbons (Fsp3) is 0.450. The van der Waals surface area contributed by atoms with Crippen LogP contribution in [0.4, 0.5) is 14.6 Å². The first-order valence-electron chi connectivity index (χ1n) is 9.44. The predicted molar refractivity (Wildman–Crippen MR) is 105 cm³/mol. The van der Waals surface area contributed by atoms with Crippen LogP contribution in [0.2, 0.25) is 0 Å². The van der Waals surface area contributed by atoms with Gasteiger partial charge in [-0.25, -0.2) is 4.98 Å². The van der Waals surface area contributed by atoms with Gasteiger partial charge in [-0.1, -0.05) is 6.07 Å². The van der Waals surface area contributed by atoms with Gasteiger partial charge in [0.1, 0.15) is 5.82 Å². The van der Waals surface area contributed by atoms with Gasteiger partial charge in [0.25, 0.3) is 0 Å². The molecule has 3 heterocycles. The van der Waals surface area contributed by atoms with E-state index in [1.807, 2.05) is 46.8 Å². The second-order valence-electron chi connectivity index (χ2n) is 8.30. The van der Waals surface area contributed by atoms with Crippen molar-refractivity contribution in [1.82, 2.24) is 4.98 Å². The number of benzene rings is 1. The van der Waals surface area contributed by atoms with Crippen molar-refractivity contribution < 1.29 is 27.6 Å². The number of fused-ring (bicyclic) bond motifs is 1. The quantitative estimate of drug-likeness (QED) is 0.781. The Hall–Kier alpha value is -2.39. The van der Waals surface area contributed by atoms with E-state index in [1.165, 1.54) is 12.1 Å². The third-order valence-electron chi connectivity index (χ3n) is 5.60. The Morgan fingerprint density at radius 3 is 2.31 bits per heavy atom. The molecule has 1 N–H and O–H groups in total. The Balaban J connectivity index is 1.49. The molecule has 4 rings (SSSR count). The van der Waals surface area contributed by atoms with Crippen LogP contribution in [0.5, 0.6) is 11.5 Å². The van der Waals surface area contributed by atoms with Crippen molar-refractivity contribution in [2.45, 2.75) is 58.2 Å². The van der Waals surface area contributed by atoms with Crippen LogP contribution in [0.25, 0.3) is 0 Å². The van der Waals surface area contributed by atoms with Gasteiger partial charge < -0.3 is 24.1 Å². The van der Waals surface area contributed by atoms with Gasteiger partial charge in [0, 0.05) is 6.20 Å². The monoisotopic (exact) mass is 404 g/mol. The third kappa shape index (κ3) is 3.76. The molecular formula is C20H23BF2N2O4. The maximum Gasteiger partial charge on any atom is 0.586 e. The minimum absolute atomic E-state index is 0.0140. The fourth-order valence-corrected chi connectivity index (χ4v) is 3.19. The zero-order valence-electron chi connectivity index (χ0n) is 17.0. The number of anilines is 1. The smallest absolute Gasteiger partial charge is 0.399 e. The molecule has 0 saturated carbocycles. The van der Waals surface area contributed by atoms with E-state index in [4.69, 9.17) is 9.31 Å². The average Bonchev–Trinajstić information content (AvgIpc) is 3.04. The molecule has 0 radical (unpaired) electrons. The molecule has 2 aromatic rings. The topological polar surface area (TPSA) is 61.8 Å². The van der Waals surface area contributed by atoms with Gasteiger partial charge in [0.15, 0.2) is 11.5 Å². The molecular weight excluding hydrogens is 381 g/mol. The number of ether oxygens (including phenoxy) is 2. The number of nitrogens with zero attached hydrogens (tertiary/aromatic N) is 1. The van der Waals surface area contributed by atoms with Crippen molar-refractivity contribution in [3.63, 3.8) is 0 Å². The summed E-state index contributed by atoms with van der Waals surface area (Å²) in [6.45, 7) is 9.90. The molecule has 1 saturated heterocycles. The summed E-state index contributed by atoms with van der Waals surface area (Å²) in [7, 11) is -0.494. The highest BCUT2D eigenvalue weighted by Gasteiger charge is 2.51. The summed E-state index contributed by atoms with van der Waals surface area (Å²) in [5, 5.41) is 3.27. The molecule has 0 spiro atoms. The summed E-state index contributed by atoms with van der Waals surface area (Å²) in [6, 6.07) is 8.21. The van der Waals surface area contributed by atoms with E-state index in [-0.39, 0.29) is 17.5 Å². The molecule has 1 fully saturated rings. The molecule has 9 heteroatoms. The number of aromatic nitrogens is 1. The molecule has 6 nitrogen and oxygen atoms in total. The molecule has 1 aromatic heterocycles. The number of halogens is 2. The minimum atomic E-state index is -3.63. The SMILES string of the molecule is C[C@H](Nc1cc(B2OC(C)(C)C(C)(C)O2)ccn1)c1ccc2c(c1)OC(F)(F)O2. The van der Waals surface area contributed by atoms with Crippen molar-refractivity contribution in [3.05, 3.63) is 42.1 Å². The Bertz CT molecular complexity index is 922. The molecule has 1 aromatic carbocycles. The lowest BCUT2D eigenvalue weighted by Crippen LogP contribution is -2.41. The van der Waals surface area contributed by atoms with Crippen molar-refractivity contribution in [2.75, 3.05) is 5.32 Å². The van der Waals surface area contributed by atoms with Crippen LogP contribution >= 0.6 is 0 Å². The number of alkyl halides is 2. The molecule has 0 amide bonds. The molecule has 0 unspecified atom stereocenters. The van der Waals surface area contributed by atoms with E-state index in [0.717, 1.165) is 11.0 Å².